The Morgan fingerprint density at radius 1 is 0.923 bits per heavy atom. The number of unbranched alkanes of at least 4 members (excludes halogenated alkanes) is 5. The van der Waals surface area contributed by atoms with Crippen molar-refractivity contribution in [2.45, 2.75) is 70.3 Å². The lowest BCUT2D eigenvalue weighted by atomic mass is 9.92. The highest BCUT2D eigenvalue weighted by Crippen LogP contribution is 2.16. The topological polar surface area (TPSA) is 69.6 Å². The number of alkyl halides is 1. The van der Waals surface area contributed by atoms with Gasteiger partial charge in [0.1, 0.15) is 0 Å². The Balaban J connectivity index is 2.36. The van der Waals surface area contributed by atoms with Crippen LogP contribution in [0.4, 0.5) is 4.39 Å². The number of halogens is 1. The molecule has 4 nitrogen and oxygen atoms in total. The SMILES string of the molecule is CC(=O)NC(CO)(CO)CCc1ccc(CCCCCCCCF)cc1. The van der Waals surface area contributed by atoms with Crippen molar-refractivity contribution in [3.05, 3.63) is 35.4 Å². The molecular weight excluding hydrogens is 333 g/mol. The van der Waals surface area contributed by atoms with Gasteiger partial charge in [-0.05, 0) is 43.2 Å². The number of nitrogens with one attached hydrogen (secondary N) is 1. The summed E-state index contributed by atoms with van der Waals surface area (Å²) in [7, 11) is 0. The molecule has 5 heteroatoms. The molecule has 0 fully saturated rings. The van der Waals surface area contributed by atoms with Gasteiger partial charge in [-0.25, -0.2) is 0 Å². The summed E-state index contributed by atoms with van der Waals surface area (Å²) in [6.07, 6.45) is 8.51. The third-order valence-electron chi connectivity index (χ3n) is 4.81. The number of hydrogen-bond donors (Lipinski definition) is 3. The number of aliphatic hydroxyl groups is 2. The van der Waals surface area contributed by atoms with Crippen LogP contribution < -0.4 is 5.32 Å². The second kappa shape index (κ2) is 12.8. The zero-order valence-corrected chi connectivity index (χ0v) is 16.0. The van der Waals surface area contributed by atoms with Gasteiger partial charge < -0.3 is 15.5 Å². The van der Waals surface area contributed by atoms with Gasteiger partial charge in [0.05, 0.1) is 25.4 Å². The number of aliphatic hydroxyl groups excluding tert-OH is 2. The molecule has 0 aliphatic rings. The van der Waals surface area contributed by atoms with Crippen LogP contribution >= 0.6 is 0 Å². The predicted molar refractivity (Wildman–Crippen MR) is 103 cm³/mol. The Morgan fingerprint density at radius 3 is 1.92 bits per heavy atom. The summed E-state index contributed by atoms with van der Waals surface area (Å²) in [5.74, 6) is -0.256. The van der Waals surface area contributed by atoms with Crippen molar-refractivity contribution in [3.63, 3.8) is 0 Å². The van der Waals surface area contributed by atoms with Crippen LogP contribution in [0.1, 0.15) is 63.0 Å². The zero-order valence-electron chi connectivity index (χ0n) is 16.0. The number of carbonyl (C=O) groups excluding carboxylic acids is 1. The van der Waals surface area contributed by atoms with E-state index in [1.165, 1.54) is 25.3 Å². The average Bonchev–Trinajstić information content (AvgIpc) is 2.65. The lowest BCUT2D eigenvalue weighted by Gasteiger charge is -2.30. The summed E-state index contributed by atoms with van der Waals surface area (Å²) in [4.78, 5) is 11.3. The Hall–Kier alpha value is -1.46. The van der Waals surface area contributed by atoms with Gasteiger partial charge in [0.15, 0.2) is 0 Å². The second-order valence-electron chi connectivity index (χ2n) is 7.15. The van der Waals surface area contributed by atoms with Gasteiger partial charge in [0.2, 0.25) is 5.91 Å². The molecule has 0 aromatic heterocycles. The van der Waals surface area contributed by atoms with E-state index in [-0.39, 0.29) is 25.8 Å². The average molecular weight is 368 g/mol. The zero-order chi connectivity index (χ0) is 19.3. The number of aryl methyl sites for hydroxylation is 2. The minimum atomic E-state index is -0.966. The molecule has 3 N–H and O–H groups in total. The van der Waals surface area contributed by atoms with Crippen LogP contribution in [0.25, 0.3) is 0 Å². The van der Waals surface area contributed by atoms with Crippen molar-refractivity contribution < 1.29 is 19.4 Å². The number of amides is 1. The minimum absolute atomic E-state index is 0.200. The molecule has 0 spiro atoms. The monoisotopic (exact) mass is 367 g/mol. The maximum atomic E-state index is 12.0. The Morgan fingerprint density at radius 2 is 1.42 bits per heavy atom. The molecule has 1 aromatic carbocycles. The molecular formula is C21H34FNO3. The molecule has 1 amide bonds. The lowest BCUT2D eigenvalue weighted by Crippen LogP contribution is -2.53. The third kappa shape index (κ3) is 8.77. The van der Waals surface area contributed by atoms with Gasteiger partial charge in [0.25, 0.3) is 0 Å². The van der Waals surface area contributed by atoms with E-state index in [1.54, 1.807) is 0 Å². The second-order valence-corrected chi connectivity index (χ2v) is 7.15. The number of carbonyl (C=O) groups is 1. The molecule has 0 aliphatic carbocycles. The standard InChI is InChI=1S/C21H34FNO3/c1-18(26)23-21(16-24,17-25)14-13-20-11-9-19(10-12-20)8-6-4-2-3-5-7-15-22/h9-12,24-25H,2-8,13-17H2,1H3,(H,23,26). The maximum absolute atomic E-state index is 12.0. The fourth-order valence-electron chi connectivity index (χ4n) is 3.11. The van der Waals surface area contributed by atoms with Gasteiger partial charge >= 0.3 is 0 Å². The molecule has 0 saturated carbocycles. The molecule has 0 radical (unpaired) electrons. The van der Waals surface area contributed by atoms with Crippen LogP contribution in [0, 0.1) is 0 Å². The Labute approximate surface area is 156 Å². The minimum Gasteiger partial charge on any atom is -0.394 e. The fraction of sp³-hybridized carbons (Fsp3) is 0.667. The highest BCUT2D eigenvalue weighted by atomic mass is 19.1. The van der Waals surface area contributed by atoms with Gasteiger partial charge in [0, 0.05) is 6.92 Å². The predicted octanol–water partition coefficient (Wildman–Crippen LogP) is 3.33. The van der Waals surface area contributed by atoms with Gasteiger partial charge in [-0.1, -0.05) is 49.9 Å². The molecule has 0 unspecified atom stereocenters. The molecule has 148 valence electrons. The first-order valence-electron chi connectivity index (χ1n) is 9.69. The smallest absolute Gasteiger partial charge is 0.217 e. The van der Waals surface area contributed by atoms with Crippen molar-refractivity contribution in [3.8, 4) is 0 Å². The Bertz CT molecular complexity index is 500. The largest absolute Gasteiger partial charge is 0.394 e. The molecule has 0 atom stereocenters. The van der Waals surface area contributed by atoms with E-state index in [9.17, 15) is 19.4 Å². The van der Waals surface area contributed by atoms with Crippen molar-refractivity contribution in [1.29, 1.82) is 0 Å². The lowest BCUT2D eigenvalue weighted by molar-refractivity contribution is -0.122. The van der Waals surface area contributed by atoms with E-state index >= 15 is 0 Å². The fourth-order valence-corrected chi connectivity index (χ4v) is 3.11. The molecule has 0 saturated heterocycles. The van der Waals surface area contributed by atoms with Gasteiger partial charge in [-0.15, -0.1) is 0 Å². The van der Waals surface area contributed by atoms with E-state index in [0.717, 1.165) is 31.2 Å². The number of benzene rings is 1. The normalized spacial score (nSPS) is 11.5. The van der Waals surface area contributed by atoms with E-state index in [0.29, 0.717) is 19.3 Å². The number of rotatable bonds is 14. The van der Waals surface area contributed by atoms with E-state index < -0.39 is 5.54 Å². The summed E-state index contributed by atoms with van der Waals surface area (Å²) in [6, 6.07) is 8.39. The van der Waals surface area contributed by atoms with Crippen molar-refractivity contribution in [2.24, 2.45) is 0 Å². The third-order valence-corrected chi connectivity index (χ3v) is 4.81. The van der Waals surface area contributed by atoms with Crippen LogP contribution in [0.5, 0.6) is 0 Å². The van der Waals surface area contributed by atoms with E-state index in [1.807, 2.05) is 0 Å². The van der Waals surface area contributed by atoms with Crippen LogP contribution in [0.2, 0.25) is 0 Å². The molecule has 0 aliphatic heterocycles. The molecule has 26 heavy (non-hydrogen) atoms. The van der Waals surface area contributed by atoms with E-state index in [4.69, 9.17) is 0 Å². The Kier molecular flexibility index (Phi) is 11.1. The first-order valence-corrected chi connectivity index (χ1v) is 9.69. The summed E-state index contributed by atoms with van der Waals surface area (Å²) >= 11 is 0. The van der Waals surface area contributed by atoms with Crippen LogP contribution in [0.15, 0.2) is 24.3 Å². The maximum Gasteiger partial charge on any atom is 0.217 e. The number of hydrogen-bond acceptors (Lipinski definition) is 3. The first-order chi connectivity index (χ1) is 12.5. The quantitative estimate of drug-likeness (QED) is 0.442. The van der Waals surface area contributed by atoms with E-state index in [2.05, 4.69) is 29.6 Å². The van der Waals surface area contributed by atoms with Gasteiger partial charge in [-0.2, -0.15) is 0 Å². The van der Waals surface area contributed by atoms with Crippen molar-refractivity contribution in [2.75, 3.05) is 19.9 Å². The van der Waals surface area contributed by atoms with Crippen LogP contribution in [-0.4, -0.2) is 41.5 Å². The molecule has 1 aromatic rings. The van der Waals surface area contributed by atoms with Crippen LogP contribution in [-0.2, 0) is 17.6 Å². The molecule has 0 heterocycles. The highest BCUT2D eigenvalue weighted by molar-refractivity contribution is 5.73. The summed E-state index contributed by atoms with van der Waals surface area (Å²) in [5, 5.41) is 21.8. The molecule has 1 rings (SSSR count). The van der Waals surface area contributed by atoms with Crippen molar-refractivity contribution in [1.82, 2.24) is 5.32 Å². The molecule has 0 bridgehead atoms. The van der Waals surface area contributed by atoms with Crippen LogP contribution in [0.3, 0.4) is 0 Å². The first kappa shape index (κ1) is 22.6. The summed E-state index contributed by atoms with van der Waals surface area (Å²) in [5.41, 5.74) is 1.46. The summed E-state index contributed by atoms with van der Waals surface area (Å²) in [6.45, 7) is 0.615. The van der Waals surface area contributed by atoms with Crippen molar-refractivity contribution >= 4 is 5.91 Å². The van der Waals surface area contributed by atoms with Gasteiger partial charge in [-0.3, -0.25) is 9.18 Å². The highest BCUT2D eigenvalue weighted by Gasteiger charge is 2.29. The summed E-state index contributed by atoms with van der Waals surface area (Å²) < 4.78 is 12.0.